The summed E-state index contributed by atoms with van der Waals surface area (Å²) in [4.78, 5) is 2.44. The van der Waals surface area contributed by atoms with Crippen LogP contribution in [0.1, 0.15) is 33.6 Å². The largest absolute Gasteiger partial charge is 0.497 e. The first-order valence-electron chi connectivity index (χ1n) is 7.87. The molecule has 0 heterocycles. The Bertz CT molecular complexity index is 380. The van der Waals surface area contributed by atoms with Crippen molar-refractivity contribution in [2.24, 2.45) is 5.73 Å². The van der Waals surface area contributed by atoms with Gasteiger partial charge < -0.3 is 15.2 Å². The summed E-state index contributed by atoms with van der Waals surface area (Å²) >= 11 is 0. The molecule has 0 bridgehead atoms. The topological polar surface area (TPSA) is 47.7 Å². The van der Waals surface area contributed by atoms with Crippen LogP contribution in [0.3, 0.4) is 0 Å². The summed E-state index contributed by atoms with van der Waals surface area (Å²) in [7, 11) is 1.66. The Morgan fingerprint density at radius 1 is 1.05 bits per heavy atom. The van der Waals surface area contributed by atoms with Crippen LogP contribution in [-0.2, 0) is 0 Å². The average Bonchev–Trinajstić information content (AvgIpc) is 2.55. The summed E-state index contributed by atoms with van der Waals surface area (Å²) in [5.74, 6) is 1.72. The van der Waals surface area contributed by atoms with Crippen LogP contribution in [0.2, 0.25) is 0 Å². The Kier molecular flexibility index (Phi) is 7.54. The molecule has 0 spiro atoms. The Balaban J connectivity index is 2.54. The molecule has 0 unspecified atom stereocenters. The van der Waals surface area contributed by atoms with Crippen LogP contribution >= 0.6 is 0 Å². The number of nitrogens with two attached hydrogens (primary N) is 1. The summed E-state index contributed by atoms with van der Waals surface area (Å²) in [5, 5.41) is 0. The van der Waals surface area contributed by atoms with Gasteiger partial charge in [-0.15, -0.1) is 0 Å². The Morgan fingerprint density at radius 3 is 2.05 bits per heavy atom. The van der Waals surface area contributed by atoms with E-state index < -0.39 is 0 Å². The molecule has 2 N–H and O–H groups in total. The van der Waals surface area contributed by atoms with Gasteiger partial charge in [0.25, 0.3) is 0 Å². The third-order valence-corrected chi connectivity index (χ3v) is 4.44. The molecule has 21 heavy (non-hydrogen) atoms. The van der Waals surface area contributed by atoms with E-state index in [1.54, 1.807) is 7.11 Å². The zero-order valence-corrected chi connectivity index (χ0v) is 13.9. The summed E-state index contributed by atoms with van der Waals surface area (Å²) in [6.45, 7) is 9.85. The molecule has 0 radical (unpaired) electrons. The third-order valence-electron chi connectivity index (χ3n) is 4.44. The second-order valence-corrected chi connectivity index (χ2v) is 5.24. The lowest BCUT2D eigenvalue weighted by Crippen LogP contribution is -2.54. The average molecular weight is 294 g/mol. The number of likely N-dealkylation sites (N-methyl/N-ethyl adjacent to an activating group) is 1. The maximum Gasteiger partial charge on any atom is 0.119 e. The highest BCUT2D eigenvalue weighted by Crippen LogP contribution is 2.23. The van der Waals surface area contributed by atoms with Gasteiger partial charge in [0.2, 0.25) is 0 Å². The number of rotatable bonds is 10. The fourth-order valence-electron chi connectivity index (χ4n) is 2.79. The summed E-state index contributed by atoms with van der Waals surface area (Å²) in [6.07, 6.45) is 2.13. The Morgan fingerprint density at radius 2 is 1.62 bits per heavy atom. The van der Waals surface area contributed by atoms with Crippen molar-refractivity contribution in [3.63, 3.8) is 0 Å². The van der Waals surface area contributed by atoms with E-state index in [1.807, 2.05) is 24.3 Å². The van der Waals surface area contributed by atoms with Gasteiger partial charge in [-0.05, 0) is 43.7 Å². The molecular weight excluding hydrogens is 264 g/mol. The Hall–Kier alpha value is -1.26. The smallest absolute Gasteiger partial charge is 0.119 e. The lowest BCUT2D eigenvalue weighted by molar-refractivity contribution is 0.0745. The van der Waals surface area contributed by atoms with Crippen molar-refractivity contribution in [1.29, 1.82) is 0 Å². The third kappa shape index (κ3) is 4.61. The molecule has 0 aliphatic carbocycles. The van der Waals surface area contributed by atoms with Crippen molar-refractivity contribution < 1.29 is 9.47 Å². The minimum absolute atomic E-state index is 0.0953. The maximum atomic E-state index is 6.02. The van der Waals surface area contributed by atoms with Crippen molar-refractivity contribution in [2.75, 3.05) is 33.4 Å². The van der Waals surface area contributed by atoms with Gasteiger partial charge in [0.1, 0.15) is 18.1 Å². The van der Waals surface area contributed by atoms with Crippen molar-refractivity contribution in [1.82, 2.24) is 4.90 Å². The molecule has 1 aromatic rings. The first kappa shape index (κ1) is 17.8. The lowest BCUT2D eigenvalue weighted by atomic mass is 9.90. The van der Waals surface area contributed by atoms with Crippen LogP contribution in [0.25, 0.3) is 0 Å². The summed E-state index contributed by atoms with van der Waals surface area (Å²) < 4.78 is 11.0. The molecule has 0 atom stereocenters. The molecule has 1 rings (SSSR count). The molecule has 0 aliphatic heterocycles. The fourth-order valence-corrected chi connectivity index (χ4v) is 2.79. The lowest BCUT2D eigenvalue weighted by Gasteiger charge is -2.42. The molecule has 0 amide bonds. The van der Waals surface area contributed by atoms with Gasteiger partial charge in [0.05, 0.1) is 7.11 Å². The van der Waals surface area contributed by atoms with Gasteiger partial charge in [0.15, 0.2) is 0 Å². The van der Waals surface area contributed by atoms with Gasteiger partial charge in [-0.3, -0.25) is 4.90 Å². The normalized spacial score (nSPS) is 11.7. The van der Waals surface area contributed by atoms with Crippen LogP contribution in [0, 0.1) is 0 Å². The van der Waals surface area contributed by atoms with Crippen molar-refractivity contribution in [3.8, 4) is 11.5 Å². The standard InChI is InChI=1S/C17H30N2O2/c1-5-17(6-2,14-18)19(7-3)12-13-21-16-10-8-15(20-4)9-11-16/h8-11H,5-7,12-14,18H2,1-4H3. The zero-order chi connectivity index (χ0) is 15.7. The van der Waals surface area contributed by atoms with Crippen LogP contribution in [-0.4, -0.2) is 43.8 Å². The zero-order valence-electron chi connectivity index (χ0n) is 13.9. The van der Waals surface area contributed by atoms with Crippen LogP contribution in [0.15, 0.2) is 24.3 Å². The second kappa shape index (κ2) is 8.90. The van der Waals surface area contributed by atoms with E-state index in [-0.39, 0.29) is 5.54 Å². The summed E-state index contributed by atoms with van der Waals surface area (Å²) in [5.41, 5.74) is 6.12. The van der Waals surface area contributed by atoms with Gasteiger partial charge in [-0.2, -0.15) is 0 Å². The highest BCUT2D eigenvalue weighted by Gasteiger charge is 2.30. The van der Waals surface area contributed by atoms with Crippen LogP contribution in [0.5, 0.6) is 11.5 Å². The minimum atomic E-state index is 0.0953. The molecule has 0 fully saturated rings. The molecular formula is C17H30N2O2. The van der Waals surface area contributed by atoms with E-state index in [9.17, 15) is 0 Å². The SMILES string of the molecule is CCN(CCOc1ccc(OC)cc1)C(CC)(CC)CN. The number of hydrogen-bond donors (Lipinski definition) is 1. The number of nitrogens with zero attached hydrogens (tertiary/aromatic N) is 1. The highest BCUT2D eigenvalue weighted by molar-refractivity contribution is 5.31. The fraction of sp³-hybridized carbons (Fsp3) is 0.647. The molecule has 0 aliphatic rings. The Labute approximate surface area is 129 Å². The van der Waals surface area contributed by atoms with E-state index in [4.69, 9.17) is 15.2 Å². The van der Waals surface area contributed by atoms with Gasteiger partial charge >= 0.3 is 0 Å². The minimum Gasteiger partial charge on any atom is -0.497 e. The monoisotopic (exact) mass is 294 g/mol. The van der Waals surface area contributed by atoms with Crippen LogP contribution in [0.4, 0.5) is 0 Å². The van der Waals surface area contributed by atoms with Gasteiger partial charge in [0, 0.05) is 18.6 Å². The van der Waals surface area contributed by atoms with E-state index in [0.29, 0.717) is 13.2 Å². The number of benzene rings is 1. The molecule has 120 valence electrons. The quantitative estimate of drug-likeness (QED) is 0.721. The first-order valence-corrected chi connectivity index (χ1v) is 7.87. The molecule has 0 saturated heterocycles. The van der Waals surface area contributed by atoms with Gasteiger partial charge in [-0.25, -0.2) is 0 Å². The van der Waals surface area contributed by atoms with E-state index in [2.05, 4.69) is 25.7 Å². The van der Waals surface area contributed by atoms with Crippen molar-refractivity contribution in [2.45, 2.75) is 39.2 Å². The number of methoxy groups -OCH3 is 1. The van der Waals surface area contributed by atoms with Crippen LogP contribution < -0.4 is 15.2 Å². The second-order valence-electron chi connectivity index (χ2n) is 5.24. The molecule has 4 heteroatoms. The molecule has 0 aromatic heterocycles. The maximum absolute atomic E-state index is 6.02. The predicted molar refractivity (Wildman–Crippen MR) is 88.1 cm³/mol. The predicted octanol–water partition coefficient (Wildman–Crippen LogP) is 2.91. The molecule has 1 aromatic carbocycles. The van der Waals surface area contributed by atoms with Crippen molar-refractivity contribution >= 4 is 0 Å². The first-order chi connectivity index (χ1) is 10.2. The summed E-state index contributed by atoms with van der Waals surface area (Å²) in [6, 6.07) is 7.69. The number of ether oxygens (including phenoxy) is 2. The number of hydrogen-bond acceptors (Lipinski definition) is 4. The van der Waals surface area contributed by atoms with Gasteiger partial charge in [-0.1, -0.05) is 20.8 Å². The molecule has 0 saturated carbocycles. The molecule has 4 nitrogen and oxygen atoms in total. The highest BCUT2D eigenvalue weighted by atomic mass is 16.5. The van der Waals surface area contributed by atoms with E-state index in [0.717, 1.165) is 37.4 Å². The van der Waals surface area contributed by atoms with Crippen molar-refractivity contribution in [3.05, 3.63) is 24.3 Å². The van der Waals surface area contributed by atoms with E-state index >= 15 is 0 Å². The van der Waals surface area contributed by atoms with E-state index in [1.165, 1.54) is 0 Å².